The smallest absolute Gasteiger partial charge is 0.243 e. The topological polar surface area (TPSA) is 102 Å². The highest BCUT2D eigenvalue weighted by Crippen LogP contribution is 2.22. The summed E-state index contributed by atoms with van der Waals surface area (Å²) in [6.45, 7) is 1.07. The Kier molecular flexibility index (Phi) is 6.86. The number of anilines is 2. The van der Waals surface area contributed by atoms with E-state index in [1.54, 1.807) is 52.8 Å². The second-order valence-electron chi connectivity index (χ2n) is 6.94. The van der Waals surface area contributed by atoms with Crippen LogP contribution in [-0.4, -0.2) is 38.3 Å². The molecule has 1 aliphatic rings. The van der Waals surface area contributed by atoms with Gasteiger partial charge >= 0.3 is 0 Å². The Hall–Kier alpha value is -2.89. The second kappa shape index (κ2) is 9.54. The first-order valence-corrected chi connectivity index (χ1v) is 11.1. The van der Waals surface area contributed by atoms with Gasteiger partial charge in [-0.1, -0.05) is 25.0 Å². The highest BCUT2D eigenvalue weighted by Gasteiger charge is 2.25. The molecule has 2 aromatic carbocycles. The van der Waals surface area contributed by atoms with Crippen molar-refractivity contribution < 1.29 is 13.2 Å². The van der Waals surface area contributed by atoms with Crippen LogP contribution in [0.5, 0.6) is 0 Å². The minimum atomic E-state index is -3.54. The number of carbonyl (C=O) groups is 1. The molecule has 1 heterocycles. The normalized spacial score (nSPS) is 15.1. The number of hydrogen-bond acceptors (Lipinski definition) is 5. The number of carbonyl (C=O) groups excluding carboxylic acids is 1. The summed E-state index contributed by atoms with van der Waals surface area (Å²) in [6.07, 6.45) is 3.87. The van der Waals surface area contributed by atoms with Crippen LogP contribution in [0.25, 0.3) is 0 Å². The van der Waals surface area contributed by atoms with Crippen molar-refractivity contribution in [3.63, 3.8) is 0 Å². The number of nitrogens with one attached hydrogen (secondary N) is 2. The molecule has 0 bridgehead atoms. The van der Waals surface area contributed by atoms with Gasteiger partial charge in [-0.3, -0.25) is 4.79 Å². The summed E-state index contributed by atoms with van der Waals surface area (Å²) in [4.78, 5) is 12.4. The van der Waals surface area contributed by atoms with Crippen molar-refractivity contribution in [2.45, 2.75) is 30.6 Å². The van der Waals surface area contributed by atoms with E-state index >= 15 is 0 Å². The molecule has 1 saturated heterocycles. The van der Waals surface area contributed by atoms with Crippen LogP contribution >= 0.6 is 0 Å². The molecule has 8 heteroatoms. The van der Waals surface area contributed by atoms with Crippen LogP contribution in [0, 0.1) is 11.3 Å². The number of nitriles is 1. The zero-order valence-electron chi connectivity index (χ0n) is 16.1. The Labute approximate surface area is 171 Å². The summed E-state index contributed by atoms with van der Waals surface area (Å²) < 4.78 is 27.4. The number of hydrogen-bond donors (Lipinski definition) is 2. The van der Waals surface area contributed by atoms with Gasteiger partial charge in [-0.15, -0.1) is 0 Å². The van der Waals surface area contributed by atoms with Crippen LogP contribution in [-0.2, 0) is 14.8 Å². The van der Waals surface area contributed by atoms with Gasteiger partial charge in [0.2, 0.25) is 15.9 Å². The molecule has 0 radical (unpaired) electrons. The molecule has 0 atom stereocenters. The van der Waals surface area contributed by atoms with Gasteiger partial charge in [0.15, 0.2) is 0 Å². The third-order valence-corrected chi connectivity index (χ3v) is 6.66. The van der Waals surface area contributed by atoms with Crippen molar-refractivity contribution in [1.82, 2.24) is 4.31 Å². The zero-order chi connectivity index (χ0) is 20.7. The fraction of sp³-hybridized carbons (Fsp3) is 0.333. The van der Waals surface area contributed by atoms with E-state index in [9.17, 15) is 13.2 Å². The molecule has 0 saturated carbocycles. The molecule has 0 unspecified atom stereocenters. The van der Waals surface area contributed by atoms with Crippen molar-refractivity contribution in [1.29, 1.82) is 5.26 Å². The van der Waals surface area contributed by atoms with Crippen LogP contribution in [0.4, 0.5) is 11.4 Å². The van der Waals surface area contributed by atoms with Crippen molar-refractivity contribution in [2.24, 2.45) is 0 Å². The Morgan fingerprint density at radius 3 is 2.41 bits per heavy atom. The zero-order valence-corrected chi connectivity index (χ0v) is 16.9. The lowest BCUT2D eigenvalue weighted by molar-refractivity contribution is -0.114. The van der Waals surface area contributed by atoms with E-state index in [2.05, 4.69) is 10.6 Å². The van der Waals surface area contributed by atoms with Gasteiger partial charge < -0.3 is 10.6 Å². The van der Waals surface area contributed by atoms with E-state index < -0.39 is 10.0 Å². The monoisotopic (exact) mass is 412 g/mol. The van der Waals surface area contributed by atoms with Crippen molar-refractivity contribution >= 4 is 27.3 Å². The van der Waals surface area contributed by atoms with Crippen molar-refractivity contribution in [3.8, 4) is 6.07 Å². The minimum Gasteiger partial charge on any atom is -0.376 e. The maximum atomic E-state index is 12.9. The van der Waals surface area contributed by atoms with E-state index in [1.807, 2.05) is 6.07 Å². The standard InChI is InChI=1S/C21H24N4O3S/c22-15-17-7-5-9-19(13-17)24-21(26)16-23-18-8-6-10-20(14-18)29(27,28)25-11-3-1-2-4-12-25/h5-10,13-14,23H,1-4,11-12,16H2,(H,24,26). The molecule has 2 aromatic rings. The molecule has 2 N–H and O–H groups in total. The molecular weight excluding hydrogens is 388 g/mol. The fourth-order valence-corrected chi connectivity index (χ4v) is 4.82. The third kappa shape index (κ3) is 5.56. The second-order valence-corrected chi connectivity index (χ2v) is 8.88. The molecule has 29 heavy (non-hydrogen) atoms. The Bertz CT molecular complexity index is 1010. The molecule has 7 nitrogen and oxygen atoms in total. The molecule has 0 aliphatic carbocycles. The van der Waals surface area contributed by atoms with E-state index in [0.29, 0.717) is 30.0 Å². The highest BCUT2D eigenvalue weighted by atomic mass is 32.2. The minimum absolute atomic E-state index is 0.0238. The molecule has 1 amide bonds. The van der Waals surface area contributed by atoms with Gasteiger partial charge in [0, 0.05) is 24.5 Å². The van der Waals surface area contributed by atoms with Gasteiger partial charge in [-0.05, 0) is 49.2 Å². The largest absolute Gasteiger partial charge is 0.376 e. The Morgan fingerprint density at radius 1 is 1.00 bits per heavy atom. The Balaban J connectivity index is 1.63. The lowest BCUT2D eigenvalue weighted by Crippen LogP contribution is -2.32. The number of rotatable bonds is 6. The lowest BCUT2D eigenvalue weighted by atomic mass is 10.2. The van der Waals surface area contributed by atoms with E-state index in [1.165, 1.54) is 0 Å². The SMILES string of the molecule is N#Cc1cccc(NC(=O)CNc2cccc(S(=O)(=O)N3CCCCCC3)c2)c1. The molecule has 0 aromatic heterocycles. The van der Waals surface area contributed by atoms with E-state index in [4.69, 9.17) is 5.26 Å². The highest BCUT2D eigenvalue weighted by molar-refractivity contribution is 7.89. The van der Waals surface area contributed by atoms with Crippen LogP contribution in [0.15, 0.2) is 53.4 Å². The van der Waals surface area contributed by atoms with Crippen molar-refractivity contribution in [2.75, 3.05) is 30.3 Å². The molecule has 0 spiro atoms. The predicted octanol–water partition coefficient (Wildman–Crippen LogP) is 3.17. The molecule has 1 aliphatic heterocycles. The van der Waals surface area contributed by atoms with Crippen LogP contribution in [0.2, 0.25) is 0 Å². The quantitative estimate of drug-likeness (QED) is 0.759. The first-order chi connectivity index (χ1) is 14.0. The number of benzene rings is 2. The predicted molar refractivity (Wildman–Crippen MR) is 112 cm³/mol. The average Bonchev–Trinajstić information content (AvgIpc) is 3.03. The first-order valence-electron chi connectivity index (χ1n) is 9.63. The summed E-state index contributed by atoms with van der Waals surface area (Å²) in [6, 6.07) is 15.2. The number of nitrogens with zero attached hydrogens (tertiary/aromatic N) is 2. The summed E-state index contributed by atoms with van der Waals surface area (Å²) in [5.41, 5.74) is 1.55. The average molecular weight is 413 g/mol. The van der Waals surface area contributed by atoms with Gasteiger partial charge in [-0.2, -0.15) is 9.57 Å². The Morgan fingerprint density at radius 2 is 1.69 bits per heavy atom. The summed E-state index contributed by atoms with van der Waals surface area (Å²) in [5.74, 6) is -0.291. The number of amides is 1. The van der Waals surface area contributed by atoms with Crippen LogP contribution in [0.1, 0.15) is 31.2 Å². The fourth-order valence-electron chi connectivity index (χ4n) is 3.25. The third-order valence-electron chi connectivity index (χ3n) is 4.77. The lowest BCUT2D eigenvalue weighted by Gasteiger charge is -2.20. The summed E-state index contributed by atoms with van der Waals surface area (Å²) in [7, 11) is -3.54. The molecular formula is C21H24N4O3S. The molecule has 1 fully saturated rings. The van der Waals surface area contributed by atoms with Gasteiger partial charge in [0.1, 0.15) is 0 Å². The maximum Gasteiger partial charge on any atom is 0.243 e. The van der Waals surface area contributed by atoms with E-state index in [0.717, 1.165) is 25.7 Å². The van der Waals surface area contributed by atoms with Gasteiger partial charge in [-0.25, -0.2) is 8.42 Å². The van der Waals surface area contributed by atoms with E-state index in [-0.39, 0.29) is 17.3 Å². The van der Waals surface area contributed by atoms with Gasteiger partial charge in [0.25, 0.3) is 0 Å². The summed E-state index contributed by atoms with van der Waals surface area (Å²) in [5, 5.41) is 14.6. The van der Waals surface area contributed by atoms with Gasteiger partial charge in [0.05, 0.1) is 23.1 Å². The molecule has 152 valence electrons. The maximum absolute atomic E-state index is 12.9. The first kappa shape index (κ1) is 20.8. The van der Waals surface area contributed by atoms with Crippen LogP contribution < -0.4 is 10.6 Å². The van der Waals surface area contributed by atoms with Crippen molar-refractivity contribution in [3.05, 3.63) is 54.1 Å². The molecule has 3 rings (SSSR count). The van der Waals surface area contributed by atoms with Crippen LogP contribution in [0.3, 0.4) is 0 Å². The summed E-state index contributed by atoms with van der Waals surface area (Å²) >= 11 is 0. The number of sulfonamides is 1.